The van der Waals surface area contributed by atoms with Crippen LogP contribution >= 0.6 is 12.2 Å². The van der Waals surface area contributed by atoms with Crippen LogP contribution in [-0.2, 0) is 0 Å². The van der Waals surface area contributed by atoms with Crippen molar-refractivity contribution in [1.29, 1.82) is 0 Å². The summed E-state index contributed by atoms with van der Waals surface area (Å²) in [5.74, 6) is -0.682. The molecule has 0 aliphatic heterocycles. The van der Waals surface area contributed by atoms with Crippen molar-refractivity contribution < 1.29 is 15.2 Å². The van der Waals surface area contributed by atoms with E-state index in [9.17, 15) is 15.2 Å². The Morgan fingerprint density at radius 3 is 2.38 bits per heavy atom. The fourth-order valence-electron chi connectivity index (χ4n) is 1.03. The Kier molecular flexibility index (Phi) is 4.36. The number of benzene rings is 1. The SMILES string of the molecule is CCN(O)C(=S)N(O)C(=O)c1ccccc1. The summed E-state index contributed by atoms with van der Waals surface area (Å²) >= 11 is 4.71. The van der Waals surface area contributed by atoms with Crippen LogP contribution in [0.4, 0.5) is 0 Å². The van der Waals surface area contributed by atoms with Crippen LogP contribution in [0.2, 0.25) is 0 Å². The molecule has 86 valence electrons. The number of amides is 1. The van der Waals surface area contributed by atoms with E-state index in [1.165, 1.54) is 0 Å². The first-order chi connectivity index (χ1) is 7.57. The first-order valence-corrected chi connectivity index (χ1v) is 5.07. The van der Waals surface area contributed by atoms with Gasteiger partial charge in [0.15, 0.2) is 0 Å². The van der Waals surface area contributed by atoms with E-state index in [2.05, 4.69) is 0 Å². The van der Waals surface area contributed by atoms with E-state index in [4.69, 9.17) is 12.2 Å². The second-order valence-electron chi connectivity index (χ2n) is 2.98. The summed E-state index contributed by atoms with van der Waals surface area (Å²) in [6.45, 7) is 1.81. The van der Waals surface area contributed by atoms with Gasteiger partial charge in [0.1, 0.15) is 0 Å². The third kappa shape index (κ3) is 2.75. The Hall–Kier alpha value is -1.50. The number of carbonyl (C=O) groups is 1. The fraction of sp³-hybridized carbons (Fsp3) is 0.200. The third-order valence-corrected chi connectivity index (χ3v) is 2.30. The Balaban J connectivity index is 2.79. The van der Waals surface area contributed by atoms with Crippen molar-refractivity contribution in [2.45, 2.75) is 6.92 Å². The number of thiocarbonyl (C=S) groups is 1. The molecule has 0 saturated carbocycles. The van der Waals surface area contributed by atoms with Crippen LogP contribution in [-0.4, -0.2) is 38.1 Å². The van der Waals surface area contributed by atoms with Crippen LogP contribution in [0.1, 0.15) is 17.3 Å². The van der Waals surface area contributed by atoms with Gasteiger partial charge in [0.2, 0.25) is 5.11 Å². The van der Waals surface area contributed by atoms with Gasteiger partial charge in [-0.15, -0.1) is 0 Å². The van der Waals surface area contributed by atoms with Crippen LogP contribution in [0.3, 0.4) is 0 Å². The molecule has 0 unspecified atom stereocenters. The van der Waals surface area contributed by atoms with Gasteiger partial charge in [-0.25, -0.2) is 5.06 Å². The minimum atomic E-state index is -0.682. The van der Waals surface area contributed by atoms with Crippen molar-refractivity contribution in [3.05, 3.63) is 35.9 Å². The summed E-state index contributed by atoms with van der Waals surface area (Å²) < 4.78 is 0. The molecule has 16 heavy (non-hydrogen) atoms. The highest BCUT2D eigenvalue weighted by Crippen LogP contribution is 2.04. The van der Waals surface area contributed by atoms with E-state index in [0.29, 0.717) is 5.06 Å². The fourth-order valence-corrected chi connectivity index (χ4v) is 1.25. The predicted octanol–water partition coefficient (Wildman–Crippen LogP) is 1.51. The van der Waals surface area contributed by atoms with Crippen molar-refractivity contribution in [2.24, 2.45) is 0 Å². The van der Waals surface area contributed by atoms with Crippen LogP contribution < -0.4 is 0 Å². The Bertz CT molecular complexity index is 383. The zero-order valence-corrected chi connectivity index (χ0v) is 9.52. The third-order valence-electron chi connectivity index (χ3n) is 1.91. The lowest BCUT2D eigenvalue weighted by Gasteiger charge is -2.21. The molecule has 5 nitrogen and oxygen atoms in total. The molecule has 0 aliphatic carbocycles. The van der Waals surface area contributed by atoms with Gasteiger partial charge < -0.3 is 0 Å². The molecule has 2 N–H and O–H groups in total. The van der Waals surface area contributed by atoms with Gasteiger partial charge >= 0.3 is 0 Å². The number of hydrogen-bond acceptors (Lipinski definition) is 4. The molecule has 1 amide bonds. The summed E-state index contributed by atoms with van der Waals surface area (Å²) in [5.41, 5.74) is 0.289. The predicted molar refractivity (Wildman–Crippen MR) is 61.2 cm³/mol. The normalized spacial score (nSPS) is 9.69. The van der Waals surface area contributed by atoms with E-state index in [1.807, 2.05) is 0 Å². The molecule has 1 aromatic carbocycles. The molecular formula is C10H12N2O3S. The molecule has 6 heteroatoms. The number of hydroxylamine groups is 4. The molecule has 0 atom stereocenters. The lowest BCUT2D eigenvalue weighted by molar-refractivity contribution is -0.0632. The smallest absolute Gasteiger partial charge is 0.284 e. The summed E-state index contributed by atoms with van der Waals surface area (Å²) in [6, 6.07) is 8.17. The van der Waals surface area contributed by atoms with Crippen molar-refractivity contribution >= 4 is 23.2 Å². The van der Waals surface area contributed by atoms with E-state index >= 15 is 0 Å². The van der Waals surface area contributed by atoms with Gasteiger partial charge in [-0.2, -0.15) is 5.06 Å². The molecule has 1 rings (SSSR count). The van der Waals surface area contributed by atoms with Gasteiger partial charge in [0.05, 0.1) is 0 Å². The van der Waals surface area contributed by atoms with Crippen molar-refractivity contribution in [3.8, 4) is 0 Å². The maximum atomic E-state index is 11.7. The molecule has 0 fully saturated rings. The molecular weight excluding hydrogens is 228 g/mol. The zero-order valence-electron chi connectivity index (χ0n) is 8.70. The number of rotatable bonds is 2. The maximum absolute atomic E-state index is 11.7. The quantitative estimate of drug-likeness (QED) is 0.466. The molecule has 0 heterocycles. The van der Waals surface area contributed by atoms with Crippen molar-refractivity contribution in [1.82, 2.24) is 10.1 Å². The lowest BCUT2D eigenvalue weighted by atomic mass is 10.2. The minimum absolute atomic E-state index is 0.179. The Morgan fingerprint density at radius 2 is 1.88 bits per heavy atom. The summed E-state index contributed by atoms with van der Waals surface area (Å²) in [5, 5.41) is 19.2. The van der Waals surface area contributed by atoms with Gasteiger partial charge in [-0.05, 0) is 31.3 Å². The zero-order chi connectivity index (χ0) is 12.1. The lowest BCUT2D eigenvalue weighted by Crippen LogP contribution is -2.42. The van der Waals surface area contributed by atoms with E-state index in [0.717, 1.165) is 0 Å². The minimum Gasteiger partial charge on any atom is -0.286 e. The number of carbonyl (C=O) groups excluding carboxylic acids is 1. The number of nitrogens with zero attached hydrogens (tertiary/aromatic N) is 2. The highest BCUT2D eigenvalue weighted by atomic mass is 32.1. The van der Waals surface area contributed by atoms with Gasteiger partial charge in [-0.1, -0.05) is 18.2 Å². The molecule has 0 spiro atoms. The van der Waals surface area contributed by atoms with E-state index in [-0.39, 0.29) is 22.3 Å². The maximum Gasteiger partial charge on any atom is 0.284 e. The largest absolute Gasteiger partial charge is 0.286 e. The summed E-state index contributed by atoms with van der Waals surface area (Å²) in [7, 11) is 0. The van der Waals surface area contributed by atoms with Crippen LogP contribution in [0.15, 0.2) is 30.3 Å². The van der Waals surface area contributed by atoms with Crippen molar-refractivity contribution in [2.75, 3.05) is 6.54 Å². The molecule has 0 aliphatic rings. The first-order valence-electron chi connectivity index (χ1n) is 4.66. The highest BCUT2D eigenvalue weighted by molar-refractivity contribution is 7.80. The molecule has 0 aromatic heterocycles. The average molecular weight is 240 g/mol. The van der Waals surface area contributed by atoms with Crippen LogP contribution in [0.5, 0.6) is 0 Å². The van der Waals surface area contributed by atoms with Crippen LogP contribution in [0, 0.1) is 0 Å². The Morgan fingerprint density at radius 1 is 1.31 bits per heavy atom. The first kappa shape index (κ1) is 12.6. The van der Waals surface area contributed by atoms with Crippen LogP contribution in [0.25, 0.3) is 0 Å². The van der Waals surface area contributed by atoms with Gasteiger partial charge in [-0.3, -0.25) is 15.2 Å². The second-order valence-corrected chi connectivity index (χ2v) is 3.35. The average Bonchev–Trinajstić information content (AvgIpc) is 2.36. The topological polar surface area (TPSA) is 64.0 Å². The Labute approximate surface area is 98.4 Å². The summed E-state index contributed by atoms with van der Waals surface area (Å²) in [6.07, 6.45) is 0. The van der Waals surface area contributed by atoms with E-state index < -0.39 is 5.91 Å². The molecule has 0 bridgehead atoms. The van der Waals surface area contributed by atoms with Gasteiger partial charge in [0, 0.05) is 12.1 Å². The monoisotopic (exact) mass is 240 g/mol. The molecule has 0 radical (unpaired) electrons. The van der Waals surface area contributed by atoms with E-state index in [1.54, 1.807) is 37.3 Å². The molecule has 1 aromatic rings. The van der Waals surface area contributed by atoms with Gasteiger partial charge in [0.25, 0.3) is 5.91 Å². The number of hydrogen-bond donors (Lipinski definition) is 2. The highest BCUT2D eigenvalue weighted by Gasteiger charge is 2.20. The second kappa shape index (κ2) is 5.55. The van der Waals surface area contributed by atoms with Crippen molar-refractivity contribution in [3.63, 3.8) is 0 Å². The standard InChI is InChI=1S/C10H12N2O3S/c1-2-11(14)10(16)12(15)9(13)8-6-4-3-5-7-8/h3-7,14-15H,2H2,1H3. The molecule has 0 saturated heterocycles. The summed E-state index contributed by atoms with van der Waals surface area (Å²) in [4.78, 5) is 11.7.